The second kappa shape index (κ2) is 7.60. The molecule has 0 saturated carbocycles. The molecular formula is C20H21FN4OS. The van der Waals surface area contributed by atoms with E-state index in [-0.39, 0.29) is 17.6 Å². The number of hydrogen-bond acceptors (Lipinski definition) is 4. The van der Waals surface area contributed by atoms with Gasteiger partial charge in [-0.15, -0.1) is 11.3 Å². The summed E-state index contributed by atoms with van der Waals surface area (Å²) in [5, 5.41) is 2.04. The number of nitrogens with zero attached hydrogens (tertiary/aromatic N) is 4. The van der Waals surface area contributed by atoms with Crippen LogP contribution in [-0.4, -0.2) is 38.4 Å². The van der Waals surface area contributed by atoms with Crippen LogP contribution in [0.5, 0.6) is 0 Å². The first-order valence-electron chi connectivity index (χ1n) is 9.05. The molecule has 140 valence electrons. The molecule has 7 heteroatoms. The minimum atomic E-state index is -0.285. The van der Waals surface area contributed by atoms with Crippen molar-refractivity contribution in [2.45, 2.75) is 32.2 Å². The highest BCUT2D eigenvalue weighted by Gasteiger charge is 2.28. The minimum Gasteiger partial charge on any atom is -0.338 e. The van der Waals surface area contributed by atoms with Gasteiger partial charge in [0, 0.05) is 42.3 Å². The Bertz CT molecular complexity index is 937. The van der Waals surface area contributed by atoms with Crippen LogP contribution in [0, 0.1) is 12.7 Å². The summed E-state index contributed by atoms with van der Waals surface area (Å²) >= 11 is 1.58. The van der Waals surface area contributed by atoms with Crippen molar-refractivity contribution >= 4 is 17.2 Å². The fourth-order valence-corrected chi connectivity index (χ4v) is 4.19. The molecule has 27 heavy (non-hydrogen) atoms. The zero-order chi connectivity index (χ0) is 18.8. The standard InChI is InChI=1S/C20H21FN4OS/c1-14-9-15(4-5-18(14)21)20(26)25-7-2-3-16(10-25)19-22-6-8-24(19)11-17-12-27-13-23-17/h4-6,8-9,12-13,16H,2-3,7,10-11H2,1H3/t16-/m1/s1. The molecule has 0 aliphatic carbocycles. The third kappa shape index (κ3) is 3.78. The fourth-order valence-electron chi connectivity index (χ4n) is 3.64. The van der Waals surface area contributed by atoms with Gasteiger partial charge in [-0.05, 0) is 43.5 Å². The molecule has 2 aromatic heterocycles. The van der Waals surface area contributed by atoms with Crippen LogP contribution in [-0.2, 0) is 6.54 Å². The van der Waals surface area contributed by atoms with Crippen molar-refractivity contribution in [3.05, 3.63) is 69.9 Å². The second-order valence-corrected chi connectivity index (χ2v) is 7.67. The third-order valence-electron chi connectivity index (χ3n) is 5.04. The smallest absolute Gasteiger partial charge is 0.253 e. The number of piperidine rings is 1. The van der Waals surface area contributed by atoms with Crippen LogP contribution in [0.15, 0.2) is 41.5 Å². The maximum atomic E-state index is 13.5. The molecular weight excluding hydrogens is 363 g/mol. The number of hydrogen-bond donors (Lipinski definition) is 0. The van der Waals surface area contributed by atoms with Gasteiger partial charge in [-0.1, -0.05) is 0 Å². The van der Waals surface area contributed by atoms with Crippen molar-refractivity contribution in [2.75, 3.05) is 13.1 Å². The van der Waals surface area contributed by atoms with Gasteiger partial charge in [0.15, 0.2) is 0 Å². The quantitative estimate of drug-likeness (QED) is 0.686. The number of likely N-dealkylation sites (tertiary alicyclic amines) is 1. The van der Waals surface area contributed by atoms with Crippen LogP contribution < -0.4 is 0 Å². The number of halogens is 1. The Morgan fingerprint density at radius 1 is 1.37 bits per heavy atom. The van der Waals surface area contributed by atoms with Gasteiger partial charge in [-0.25, -0.2) is 14.4 Å². The molecule has 0 N–H and O–H groups in total. The summed E-state index contributed by atoms with van der Waals surface area (Å²) in [4.78, 5) is 23.7. The third-order valence-corrected chi connectivity index (χ3v) is 5.68. The molecule has 1 aliphatic rings. The largest absolute Gasteiger partial charge is 0.338 e. The highest BCUT2D eigenvalue weighted by atomic mass is 32.1. The minimum absolute atomic E-state index is 0.0413. The molecule has 1 amide bonds. The monoisotopic (exact) mass is 384 g/mol. The highest BCUT2D eigenvalue weighted by molar-refractivity contribution is 7.07. The van der Waals surface area contributed by atoms with Gasteiger partial charge in [0.1, 0.15) is 11.6 Å². The first kappa shape index (κ1) is 17.9. The molecule has 3 aromatic rings. The predicted molar refractivity (Wildman–Crippen MR) is 102 cm³/mol. The normalized spacial score (nSPS) is 17.3. The SMILES string of the molecule is Cc1cc(C(=O)N2CCC[C@@H](c3nccn3Cc3cscn3)C2)ccc1F. The molecule has 1 aromatic carbocycles. The summed E-state index contributed by atoms with van der Waals surface area (Å²) < 4.78 is 15.6. The summed E-state index contributed by atoms with van der Waals surface area (Å²) in [7, 11) is 0. The summed E-state index contributed by atoms with van der Waals surface area (Å²) in [6, 6.07) is 4.56. The van der Waals surface area contributed by atoms with Gasteiger partial charge in [0.25, 0.3) is 5.91 Å². The number of carbonyl (C=O) groups is 1. The van der Waals surface area contributed by atoms with Crippen LogP contribution in [0.2, 0.25) is 0 Å². The first-order chi connectivity index (χ1) is 13.1. The number of rotatable bonds is 4. The van der Waals surface area contributed by atoms with E-state index in [1.165, 1.54) is 6.07 Å². The molecule has 1 aliphatic heterocycles. The van der Waals surface area contributed by atoms with Gasteiger partial charge in [0.2, 0.25) is 0 Å². The number of thiazole rings is 1. The summed E-state index contributed by atoms with van der Waals surface area (Å²) in [6.07, 6.45) is 5.71. The van der Waals surface area contributed by atoms with Crippen LogP contribution in [0.1, 0.15) is 46.2 Å². The Kier molecular flexibility index (Phi) is 5.03. The van der Waals surface area contributed by atoms with E-state index < -0.39 is 0 Å². The van der Waals surface area contributed by atoms with E-state index in [0.717, 1.165) is 30.9 Å². The molecule has 5 nitrogen and oxygen atoms in total. The van der Waals surface area contributed by atoms with E-state index in [2.05, 4.69) is 14.5 Å². The summed E-state index contributed by atoms with van der Waals surface area (Å²) in [5.74, 6) is 0.862. The molecule has 0 bridgehead atoms. The van der Waals surface area contributed by atoms with Crippen LogP contribution in [0.25, 0.3) is 0 Å². The van der Waals surface area contributed by atoms with E-state index in [1.807, 2.05) is 28.2 Å². The van der Waals surface area contributed by atoms with Crippen molar-refractivity contribution in [1.29, 1.82) is 0 Å². The Labute approximate surface area is 161 Å². The lowest BCUT2D eigenvalue weighted by atomic mass is 9.96. The van der Waals surface area contributed by atoms with E-state index in [9.17, 15) is 9.18 Å². The first-order valence-corrected chi connectivity index (χ1v) is 9.99. The zero-order valence-electron chi connectivity index (χ0n) is 15.1. The van der Waals surface area contributed by atoms with Crippen molar-refractivity contribution in [2.24, 2.45) is 0 Å². The zero-order valence-corrected chi connectivity index (χ0v) is 16.0. The fraction of sp³-hybridized carbons (Fsp3) is 0.350. The molecule has 3 heterocycles. The average molecular weight is 384 g/mol. The highest BCUT2D eigenvalue weighted by Crippen LogP contribution is 2.27. The summed E-state index contributed by atoms with van der Waals surface area (Å²) in [5.41, 5.74) is 3.89. The Morgan fingerprint density at radius 2 is 2.26 bits per heavy atom. The molecule has 0 spiro atoms. The predicted octanol–water partition coefficient (Wildman–Crippen LogP) is 3.86. The van der Waals surface area contributed by atoms with Crippen molar-refractivity contribution in [3.63, 3.8) is 0 Å². The van der Waals surface area contributed by atoms with Gasteiger partial charge < -0.3 is 9.47 Å². The molecule has 4 rings (SSSR count). The maximum Gasteiger partial charge on any atom is 0.253 e. The van der Waals surface area contributed by atoms with Crippen molar-refractivity contribution in [1.82, 2.24) is 19.4 Å². The van der Waals surface area contributed by atoms with Crippen LogP contribution in [0.3, 0.4) is 0 Å². The number of carbonyl (C=O) groups excluding carboxylic acids is 1. The molecule has 1 fully saturated rings. The second-order valence-electron chi connectivity index (χ2n) is 6.95. The molecule has 0 radical (unpaired) electrons. The lowest BCUT2D eigenvalue weighted by Crippen LogP contribution is -2.39. The number of benzene rings is 1. The molecule has 1 saturated heterocycles. The Hall–Kier alpha value is -2.54. The number of imidazole rings is 1. The number of aryl methyl sites for hydroxylation is 1. The van der Waals surface area contributed by atoms with Crippen LogP contribution >= 0.6 is 11.3 Å². The van der Waals surface area contributed by atoms with Crippen molar-refractivity contribution < 1.29 is 9.18 Å². The van der Waals surface area contributed by atoms with Crippen molar-refractivity contribution in [3.8, 4) is 0 Å². The number of aromatic nitrogens is 3. The van der Waals surface area contributed by atoms with Gasteiger partial charge in [0.05, 0.1) is 17.7 Å². The van der Waals surface area contributed by atoms with Crippen LogP contribution in [0.4, 0.5) is 4.39 Å². The van der Waals surface area contributed by atoms with Gasteiger partial charge >= 0.3 is 0 Å². The van der Waals surface area contributed by atoms with E-state index in [0.29, 0.717) is 24.2 Å². The Morgan fingerprint density at radius 3 is 3.04 bits per heavy atom. The van der Waals surface area contributed by atoms with E-state index in [1.54, 1.807) is 30.4 Å². The molecule has 1 atom stereocenters. The lowest BCUT2D eigenvalue weighted by molar-refractivity contribution is 0.0703. The van der Waals surface area contributed by atoms with Gasteiger partial charge in [-0.2, -0.15) is 0 Å². The maximum absolute atomic E-state index is 13.5. The van der Waals surface area contributed by atoms with E-state index >= 15 is 0 Å². The Balaban J connectivity index is 1.51. The van der Waals surface area contributed by atoms with Gasteiger partial charge in [-0.3, -0.25) is 4.79 Å². The topological polar surface area (TPSA) is 51.0 Å². The number of amides is 1. The van der Waals surface area contributed by atoms with E-state index in [4.69, 9.17) is 0 Å². The summed E-state index contributed by atoms with van der Waals surface area (Å²) in [6.45, 7) is 3.72. The molecule has 0 unspecified atom stereocenters. The lowest BCUT2D eigenvalue weighted by Gasteiger charge is -2.32. The average Bonchev–Trinajstić information content (AvgIpc) is 3.36.